The second kappa shape index (κ2) is 9.03. The highest BCUT2D eigenvalue weighted by atomic mass is 32.1. The lowest BCUT2D eigenvalue weighted by Gasteiger charge is -2.18. The van der Waals surface area contributed by atoms with Crippen LogP contribution in [0.1, 0.15) is 23.4 Å². The molecule has 140 valence electrons. The first-order valence-corrected chi connectivity index (χ1v) is 10.3. The second-order valence-electron chi connectivity index (χ2n) is 5.46. The highest BCUT2D eigenvalue weighted by molar-refractivity contribution is 7.73. The van der Waals surface area contributed by atoms with Crippen LogP contribution in [-0.2, 0) is 16.0 Å². The standard InChI is InChI=1S/C18H17N3O3S3/c1-2-24-16(23)13(10-12-6-4-3-5-7-12)21-15(22)14(27-18(21)25)11-20-17-19-8-9-26-17/h3-9,11,13,22H,2,10H2,1H3/t13-/m1/s1. The molecule has 0 spiro atoms. The van der Waals surface area contributed by atoms with E-state index in [4.69, 9.17) is 17.0 Å². The van der Waals surface area contributed by atoms with Gasteiger partial charge in [0.25, 0.3) is 0 Å². The van der Waals surface area contributed by atoms with E-state index in [0.29, 0.717) is 20.4 Å². The Kier molecular flexibility index (Phi) is 6.49. The number of nitrogens with zero attached hydrogens (tertiary/aromatic N) is 3. The van der Waals surface area contributed by atoms with Crippen molar-refractivity contribution in [2.75, 3.05) is 6.61 Å². The number of thiazole rings is 2. The van der Waals surface area contributed by atoms with Crippen molar-refractivity contribution in [2.24, 2.45) is 4.99 Å². The van der Waals surface area contributed by atoms with Crippen molar-refractivity contribution in [1.82, 2.24) is 9.55 Å². The van der Waals surface area contributed by atoms with Crippen molar-refractivity contribution in [2.45, 2.75) is 19.4 Å². The molecule has 0 aliphatic carbocycles. The number of ether oxygens (including phenoxy) is 1. The monoisotopic (exact) mass is 419 g/mol. The van der Waals surface area contributed by atoms with Crippen molar-refractivity contribution in [3.05, 3.63) is 56.3 Å². The average molecular weight is 420 g/mol. The highest BCUT2D eigenvalue weighted by Gasteiger charge is 2.27. The summed E-state index contributed by atoms with van der Waals surface area (Å²) in [5.41, 5.74) is 0.945. The Balaban J connectivity index is 1.96. The number of carbonyl (C=O) groups excluding carboxylic acids is 1. The van der Waals surface area contributed by atoms with Crippen molar-refractivity contribution < 1.29 is 14.6 Å². The molecule has 0 unspecified atom stereocenters. The van der Waals surface area contributed by atoms with Gasteiger partial charge in [-0.05, 0) is 24.7 Å². The summed E-state index contributed by atoms with van der Waals surface area (Å²) in [5.74, 6) is -0.534. The zero-order valence-electron chi connectivity index (χ0n) is 14.4. The van der Waals surface area contributed by atoms with E-state index < -0.39 is 12.0 Å². The van der Waals surface area contributed by atoms with E-state index in [1.165, 1.54) is 33.5 Å². The Hall–Kier alpha value is -2.36. The van der Waals surface area contributed by atoms with Gasteiger partial charge in [-0.15, -0.1) is 11.3 Å². The summed E-state index contributed by atoms with van der Waals surface area (Å²) in [5, 5.41) is 13.1. The van der Waals surface area contributed by atoms with E-state index in [1.807, 2.05) is 35.7 Å². The van der Waals surface area contributed by atoms with E-state index in [2.05, 4.69) is 9.98 Å². The predicted molar refractivity (Wildman–Crippen MR) is 110 cm³/mol. The highest BCUT2D eigenvalue weighted by Crippen LogP contribution is 2.31. The molecule has 0 radical (unpaired) electrons. The first-order chi connectivity index (χ1) is 13.1. The van der Waals surface area contributed by atoms with E-state index in [9.17, 15) is 9.90 Å². The Morgan fingerprint density at radius 1 is 1.44 bits per heavy atom. The molecular formula is C18H17N3O3S3. The van der Waals surface area contributed by atoms with Gasteiger partial charge < -0.3 is 9.84 Å². The lowest BCUT2D eigenvalue weighted by atomic mass is 10.1. The minimum atomic E-state index is -0.752. The molecule has 1 aromatic carbocycles. The summed E-state index contributed by atoms with van der Waals surface area (Å²) in [6.45, 7) is 2.00. The average Bonchev–Trinajstić information content (AvgIpc) is 3.27. The van der Waals surface area contributed by atoms with Crippen LogP contribution in [0.3, 0.4) is 0 Å². The number of aliphatic imine (C=N–C) groups is 1. The van der Waals surface area contributed by atoms with Gasteiger partial charge in [0.05, 0.1) is 12.8 Å². The van der Waals surface area contributed by atoms with Gasteiger partial charge in [0.1, 0.15) is 10.9 Å². The van der Waals surface area contributed by atoms with Gasteiger partial charge in [0, 0.05) is 18.0 Å². The summed E-state index contributed by atoms with van der Waals surface area (Å²) in [7, 11) is 0. The smallest absolute Gasteiger partial charge is 0.329 e. The normalized spacial score (nSPS) is 12.3. The third-order valence-electron chi connectivity index (χ3n) is 3.70. The molecule has 2 aromatic heterocycles. The van der Waals surface area contributed by atoms with E-state index in [-0.39, 0.29) is 12.5 Å². The maximum absolute atomic E-state index is 12.6. The number of benzene rings is 1. The lowest BCUT2D eigenvalue weighted by molar-refractivity contribution is -0.147. The van der Waals surface area contributed by atoms with Crippen molar-refractivity contribution in [3.63, 3.8) is 0 Å². The molecule has 2 heterocycles. The quantitative estimate of drug-likeness (QED) is 0.346. The summed E-state index contributed by atoms with van der Waals surface area (Å²) < 4.78 is 7.03. The topological polar surface area (TPSA) is 76.7 Å². The van der Waals surface area contributed by atoms with Gasteiger partial charge in [0.2, 0.25) is 11.0 Å². The van der Waals surface area contributed by atoms with Crippen molar-refractivity contribution in [3.8, 4) is 5.88 Å². The number of aromatic nitrogens is 2. The molecule has 0 aliphatic heterocycles. The maximum Gasteiger partial charge on any atom is 0.329 e. The van der Waals surface area contributed by atoms with Crippen LogP contribution in [0.25, 0.3) is 0 Å². The number of hydrogen-bond acceptors (Lipinski definition) is 8. The molecule has 0 fully saturated rings. The van der Waals surface area contributed by atoms with Gasteiger partial charge in [-0.2, -0.15) is 0 Å². The third kappa shape index (κ3) is 4.68. The first-order valence-electron chi connectivity index (χ1n) is 8.18. The molecule has 0 aliphatic rings. The minimum absolute atomic E-state index is 0.0979. The van der Waals surface area contributed by atoms with Crippen LogP contribution in [0.5, 0.6) is 5.88 Å². The molecular weight excluding hydrogens is 402 g/mol. The summed E-state index contributed by atoms with van der Waals surface area (Å²) in [6, 6.07) is 8.79. The fraction of sp³-hybridized carbons (Fsp3) is 0.222. The van der Waals surface area contributed by atoms with Gasteiger partial charge in [0.15, 0.2) is 3.95 Å². The molecule has 3 rings (SSSR count). The predicted octanol–water partition coefficient (Wildman–Crippen LogP) is 4.54. The van der Waals surface area contributed by atoms with E-state index in [1.54, 1.807) is 13.1 Å². The lowest BCUT2D eigenvalue weighted by Crippen LogP contribution is -2.24. The largest absolute Gasteiger partial charge is 0.493 e. The van der Waals surface area contributed by atoms with Crippen LogP contribution >= 0.6 is 34.9 Å². The third-order valence-corrected chi connectivity index (χ3v) is 5.70. The fourth-order valence-electron chi connectivity index (χ4n) is 2.50. The molecule has 0 amide bonds. The van der Waals surface area contributed by atoms with Crippen molar-refractivity contribution in [1.29, 1.82) is 0 Å². The van der Waals surface area contributed by atoms with Crippen LogP contribution in [-0.4, -0.2) is 33.4 Å². The van der Waals surface area contributed by atoms with Gasteiger partial charge in [-0.1, -0.05) is 41.7 Å². The van der Waals surface area contributed by atoms with Gasteiger partial charge >= 0.3 is 5.97 Å². The summed E-state index contributed by atoms with van der Waals surface area (Å²) in [6.07, 6.45) is 3.53. The molecule has 9 heteroatoms. The van der Waals surface area contributed by atoms with Gasteiger partial charge in [-0.25, -0.2) is 14.8 Å². The molecule has 3 aromatic rings. The number of rotatable bonds is 7. The minimum Gasteiger partial charge on any atom is -0.493 e. The molecule has 0 saturated heterocycles. The summed E-state index contributed by atoms with van der Waals surface area (Å²) >= 11 is 7.98. The summed E-state index contributed by atoms with van der Waals surface area (Å²) in [4.78, 5) is 21.3. The Morgan fingerprint density at radius 2 is 2.22 bits per heavy atom. The molecule has 1 atom stereocenters. The second-order valence-corrected chi connectivity index (χ2v) is 8.01. The number of hydrogen-bond donors (Lipinski definition) is 1. The zero-order valence-corrected chi connectivity index (χ0v) is 16.9. The van der Waals surface area contributed by atoms with Crippen LogP contribution in [0.4, 0.5) is 5.13 Å². The van der Waals surface area contributed by atoms with E-state index in [0.717, 1.165) is 5.56 Å². The fourth-order valence-corrected chi connectivity index (χ4v) is 4.26. The van der Waals surface area contributed by atoms with Crippen LogP contribution in [0, 0.1) is 3.95 Å². The van der Waals surface area contributed by atoms with Gasteiger partial charge in [-0.3, -0.25) is 4.57 Å². The Bertz CT molecular complexity index is 978. The number of esters is 1. The van der Waals surface area contributed by atoms with Crippen LogP contribution < -0.4 is 0 Å². The Labute approximate surface area is 169 Å². The maximum atomic E-state index is 12.6. The SMILES string of the molecule is CCOC(=O)[C@@H](Cc1ccccc1)n1c(O)c(C=Nc2nccs2)sc1=S. The molecule has 0 saturated carbocycles. The van der Waals surface area contributed by atoms with Crippen LogP contribution in [0.2, 0.25) is 0 Å². The number of aromatic hydroxyl groups is 1. The molecule has 0 bridgehead atoms. The first kappa shape index (κ1) is 19.4. The molecule has 1 N–H and O–H groups in total. The van der Waals surface area contributed by atoms with E-state index >= 15 is 0 Å². The number of carbonyl (C=O) groups is 1. The molecule has 6 nitrogen and oxygen atoms in total. The van der Waals surface area contributed by atoms with Crippen LogP contribution in [0.15, 0.2) is 46.9 Å². The zero-order chi connectivity index (χ0) is 19.2. The molecule has 27 heavy (non-hydrogen) atoms. The Morgan fingerprint density at radius 3 is 2.89 bits per heavy atom. The van der Waals surface area contributed by atoms with Crippen molar-refractivity contribution >= 4 is 52.2 Å².